The van der Waals surface area contributed by atoms with Crippen LogP contribution in [0.3, 0.4) is 0 Å². The number of nitro groups is 1. The molecule has 116 valence electrons. The number of ether oxygens (including phenoxy) is 1. The number of benzene rings is 2. The lowest BCUT2D eigenvalue weighted by molar-refractivity contribution is -0.384. The fourth-order valence-corrected chi connectivity index (χ4v) is 2.34. The number of methoxy groups -OCH3 is 1. The Kier molecular flexibility index (Phi) is 3.46. The standard InChI is InChI=1S/C16H12N2O5/c1-22-11-5-2-9(3-6-11)15(19)14-12-8-10(18(20)21)4-7-13(12)23-16(14)17/h2-8H,17H2,1H3. The number of nitrogens with two attached hydrogens (primary N) is 1. The first-order chi connectivity index (χ1) is 11.0. The first kappa shape index (κ1) is 14.6. The molecule has 1 heterocycles. The van der Waals surface area contributed by atoms with E-state index in [1.54, 1.807) is 24.3 Å². The van der Waals surface area contributed by atoms with Crippen molar-refractivity contribution in [1.29, 1.82) is 0 Å². The SMILES string of the molecule is COc1ccc(C(=O)c2c(N)oc3ccc([N+](=O)[O-])cc23)cc1. The fourth-order valence-electron chi connectivity index (χ4n) is 2.34. The summed E-state index contributed by atoms with van der Waals surface area (Å²) in [6.07, 6.45) is 0. The third-order valence-corrected chi connectivity index (χ3v) is 3.49. The Hall–Kier alpha value is -3.35. The van der Waals surface area contributed by atoms with Crippen LogP contribution < -0.4 is 10.5 Å². The van der Waals surface area contributed by atoms with Crippen molar-refractivity contribution in [1.82, 2.24) is 0 Å². The quantitative estimate of drug-likeness (QED) is 0.450. The van der Waals surface area contributed by atoms with Gasteiger partial charge in [-0.05, 0) is 30.3 Å². The summed E-state index contributed by atoms with van der Waals surface area (Å²) in [7, 11) is 1.53. The second kappa shape index (κ2) is 5.45. The number of fused-ring (bicyclic) bond motifs is 1. The summed E-state index contributed by atoms with van der Waals surface area (Å²) >= 11 is 0. The molecule has 0 atom stereocenters. The summed E-state index contributed by atoms with van der Waals surface area (Å²) in [5.74, 6) is 0.174. The Morgan fingerprint density at radius 2 is 1.91 bits per heavy atom. The van der Waals surface area contributed by atoms with Crippen LogP contribution in [0.4, 0.5) is 11.6 Å². The van der Waals surface area contributed by atoms with Gasteiger partial charge in [-0.25, -0.2) is 0 Å². The third kappa shape index (κ3) is 2.48. The molecule has 0 aliphatic carbocycles. The van der Waals surface area contributed by atoms with Crippen molar-refractivity contribution in [3.05, 3.63) is 63.7 Å². The van der Waals surface area contributed by atoms with Crippen LogP contribution in [0.15, 0.2) is 46.9 Å². The number of carbonyl (C=O) groups excluding carboxylic acids is 1. The zero-order chi connectivity index (χ0) is 16.6. The maximum Gasteiger partial charge on any atom is 0.270 e. The highest BCUT2D eigenvalue weighted by Gasteiger charge is 2.22. The summed E-state index contributed by atoms with van der Waals surface area (Å²) in [5.41, 5.74) is 6.48. The molecule has 2 aromatic carbocycles. The largest absolute Gasteiger partial charge is 0.497 e. The van der Waals surface area contributed by atoms with E-state index in [1.807, 2.05) is 0 Å². The van der Waals surface area contributed by atoms with Gasteiger partial charge in [0.2, 0.25) is 5.88 Å². The van der Waals surface area contributed by atoms with Gasteiger partial charge in [-0.2, -0.15) is 0 Å². The molecule has 7 nitrogen and oxygen atoms in total. The zero-order valence-corrected chi connectivity index (χ0v) is 12.1. The van der Waals surface area contributed by atoms with Gasteiger partial charge in [0.05, 0.1) is 17.6 Å². The molecule has 0 saturated heterocycles. The van der Waals surface area contributed by atoms with Crippen LogP contribution >= 0.6 is 0 Å². The molecule has 0 spiro atoms. The van der Waals surface area contributed by atoms with E-state index in [-0.39, 0.29) is 22.9 Å². The van der Waals surface area contributed by atoms with Gasteiger partial charge in [-0.15, -0.1) is 0 Å². The maximum atomic E-state index is 12.7. The van der Waals surface area contributed by atoms with E-state index in [1.165, 1.54) is 25.3 Å². The number of nitrogens with zero attached hydrogens (tertiary/aromatic N) is 1. The summed E-state index contributed by atoms with van der Waals surface area (Å²) in [4.78, 5) is 23.1. The molecule has 23 heavy (non-hydrogen) atoms. The van der Waals surface area contributed by atoms with E-state index in [0.717, 1.165) is 0 Å². The van der Waals surface area contributed by atoms with E-state index >= 15 is 0 Å². The van der Waals surface area contributed by atoms with Gasteiger partial charge < -0.3 is 14.9 Å². The Morgan fingerprint density at radius 3 is 2.52 bits per heavy atom. The normalized spacial score (nSPS) is 10.7. The molecule has 0 amide bonds. The molecular formula is C16H12N2O5. The van der Waals surface area contributed by atoms with E-state index in [2.05, 4.69) is 0 Å². The van der Waals surface area contributed by atoms with Gasteiger partial charge in [-0.3, -0.25) is 14.9 Å². The highest BCUT2D eigenvalue weighted by atomic mass is 16.6. The van der Waals surface area contributed by atoms with Crippen LogP contribution in [0, 0.1) is 10.1 Å². The number of furan rings is 1. The molecule has 3 aromatic rings. The maximum absolute atomic E-state index is 12.7. The summed E-state index contributed by atoms with van der Waals surface area (Å²) in [6, 6.07) is 10.5. The number of anilines is 1. The molecule has 0 bridgehead atoms. The molecule has 2 N–H and O–H groups in total. The van der Waals surface area contributed by atoms with E-state index in [9.17, 15) is 14.9 Å². The topological polar surface area (TPSA) is 109 Å². The molecule has 0 unspecified atom stereocenters. The summed E-state index contributed by atoms with van der Waals surface area (Å²) in [5, 5.41) is 11.2. The van der Waals surface area contributed by atoms with Crippen molar-refractivity contribution in [2.24, 2.45) is 0 Å². The number of hydrogen-bond donors (Lipinski definition) is 1. The minimum Gasteiger partial charge on any atom is -0.497 e. The Labute approximate surface area is 130 Å². The van der Waals surface area contributed by atoms with Crippen molar-refractivity contribution >= 4 is 28.3 Å². The number of hydrogen-bond acceptors (Lipinski definition) is 6. The Bertz CT molecular complexity index is 912. The van der Waals surface area contributed by atoms with Crippen molar-refractivity contribution in [3.8, 4) is 5.75 Å². The minimum atomic E-state index is -0.537. The predicted octanol–water partition coefficient (Wildman–Crippen LogP) is 3.16. The summed E-state index contributed by atoms with van der Waals surface area (Å²) in [6.45, 7) is 0. The molecule has 0 aliphatic rings. The zero-order valence-electron chi connectivity index (χ0n) is 12.1. The molecule has 7 heteroatoms. The van der Waals surface area contributed by atoms with Gasteiger partial charge in [-0.1, -0.05) is 0 Å². The number of ketones is 1. The molecule has 1 aromatic heterocycles. The predicted molar refractivity (Wildman–Crippen MR) is 83.7 cm³/mol. The van der Waals surface area contributed by atoms with Crippen LogP contribution in [-0.4, -0.2) is 17.8 Å². The molecule has 3 rings (SSSR count). The first-order valence-electron chi connectivity index (χ1n) is 6.66. The van der Waals surface area contributed by atoms with Crippen LogP contribution in [0.1, 0.15) is 15.9 Å². The fraction of sp³-hybridized carbons (Fsp3) is 0.0625. The number of rotatable bonds is 4. The van der Waals surface area contributed by atoms with Crippen molar-refractivity contribution < 1.29 is 18.9 Å². The second-order valence-electron chi connectivity index (χ2n) is 4.84. The number of nitrogen functional groups attached to an aromatic ring is 1. The van der Waals surface area contributed by atoms with Crippen molar-refractivity contribution in [2.75, 3.05) is 12.8 Å². The highest BCUT2D eigenvalue weighted by Crippen LogP contribution is 2.32. The molecule has 0 radical (unpaired) electrons. The summed E-state index contributed by atoms with van der Waals surface area (Å²) < 4.78 is 10.4. The van der Waals surface area contributed by atoms with Crippen LogP contribution in [0.5, 0.6) is 5.75 Å². The molecule has 0 aliphatic heterocycles. The lowest BCUT2D eigenvalue weighted by Crippen LogP contribution is -2.03. The van der Waals surface area contributed by atoms with E-state index in [0.29, 0.717) is 22.3 Å². The van der Waals surface area contributed by atoms with Gasteiger partial charge in [0, 0.05) is 23.1 Å². The smallest absolute Gasteiger partial charge is 0.270 e. The lowest BCUT2D eigenvalue weighted by atomic mass is 10.0. The molecule has 0 saturated carbocycles. The van der Waals surface area contributed by atoms with Gasteiger partial charge >= 0.3 is 0 Å². The highest BCUT2D eigenvalue weighted by molar-refractivity contribution is 6.19. The first-order valence-corrected chi connectivity index (χ1v) is 6.66. The van der Waals surface area contributed by atoms with Gasteiger partial charge in [0.15, 0.2) is 5.78 Å². The van der Waals surface area contributed by atoms with Gasteiger partial charge in [0.1, 0.15) is 11.3 Å². The lowest BCUT2D eigenvalue weighted by Gasteiger charge is -2.02. The average molecular weight is 312 g/mol. The minimum absolute atomic E-state index is 0.0682. The Balaban J connectivity index is 2.13. The van der Waals surface area contributed by atoms with Gasteiger partial charge in [0.25, 0.3) is 5.69 Å². The van der Waals surface area contributed by atoms with Crippen molar-refractivity contribution in [3.63, 3.8) is 0 Å². The monoisotopic (exact) mass is 312 g/mol. The number of nitro benzene ring substituents is 1. The van der Waals surface area contributed by atoms with Crippen molar-refractivity contribution in [2.45, 2.75) is 0 Å². The molecule has 0 fully saturated rings. The van der Waals surface area contributed by atoms with Crippen LogP contribution in [-0.2, 0) is 0 Å². The number of carbonyl (C=O) groups is 1. The van der Waals surface area contributed by atoms with Crippen LogP contribution in [0.2, 0.25) is 0 Å². The average Bonchev–Trinajstić information content (AvgIpc) is 2.89. The van der Waals surface area contributed by atoms with Crippen LogP contribution in [0.25, 0.3) is 11.0 Å². The van der Waals surface area contributed by atoms with E-state index < -0.39 is 4.92 Å². The molecular weight excluding hydrogens is 300 g/mol. The van der Waals surface area contributed by atoms with E-state index in [4.69, 9.17) is 14.9 Å². The number of non-ortho nitro benzene ring substituents is 1. The third-order valence-electron chi connectivity index (χ3n) is 3.49. The second-order valence-corrected chi connectivity index (χ2v) is 4.84. The Morgan fingerprint density at radius 1 is 1.22 bits per heavy atom.